The lowest BCUT2D eigenvalue weighted by Crippen LogP contribution is -2.37. The molecule has 22 nitrogen and oxygen atoms in total. The van der Waals surface area contributed by atoms with Crippen molar-refractivity contribution in [1.29, 1.82) is 5.26 Å². The highest BCUT2D eigenvalue weighted by atomic mass is 32.2. The van der Waals surface area contributed by atoms with Crippen LogP contribution in [0, 0.1) is 17.2 Å². The van der Waals surface area contributed by atoms with Crippen molar-refractivity contribution in [1.82, 2.24) is 39.0 Å². The Morgan fingerprint density at radius 1 is 0.844 bits per heavy atom. The number of phosphoric ester groups is 1. The van der Waals surface area contributed by atoms with Gasteiger partial charge in [0, 0.05) is 17.0 Å². The summed E-state index contributed by atoms with van der Waals surface area (Å²) in [6, 6.07) is 18.7. The molecule has 2 N–H and O–H groups in total. The van der Waals surface area contributed by atoms with Crippen LogP contribution in [0.5, 0.6) is 0 Å². The molecular formula is C39H37FN11O11PS. The van der Waals surface area contributed by atoms with E-state index in [-0.39, 0.29) is 46.8 Å². The average molecular weight is 918 g/mol. The SMILES string of the molecule is C[C@@H]1C2CCS(=O)(=O)O[C@@H]3C(COP(=O)(OCCC#N)O[C@H]1[C@H](n1cnc4c(NC(=O)c5ccccc5)ncnc41)O2)OC(n1cnc2c(NC(=O)c4ccccc4)ncnc21)[C@@H]3F. The van der Waals surface area contributed by atoms with Crippen LogP contribution in [0.25, 0.3) is 22.3 Å². The molecular weight excluding hydrogens is 881 g/mol. The fraction of sp³-hybridized carbons (Fsp3) is 0.359. The predicted octanol–water partition coefficient (Wildman–Crippen LogP) is 4.50. The summed E-state index contributed by atoms with van der Waals surface area (Å²) in [4.78, 5) is 51.6. The highest BCUT2D eigenvalue weighted by Gasteiger charge is 2.53. The number of nitriles is 1. The molecule has 6 aromatic rings. The third-order valence-electron chi connectivity index (χ3n) is 10.8. The van der Waals surface area contributed by atoms with Crippen molar-refractivity contribution in [2.45, 2.75) is 62.8 Å². The highest BCUT2D eigenvalue weighted by molar-refractivity contribution is 7.86. The summed E-state index contributed by atoms with van der Waals surface area (Å²) < 4.78 is 97.0. The summed E-state index contributed by atoms with van der Waals surface area (Å²) in [6.45, 7) is 0.482. The number of carbonyl (C=O) groups excluding carboxylic acids is 2. The lowest BCUT2D eigenvalue weighted by molar-refractivity contribution is -0.0583. The maximum atomic E-state index is 16.7. The number of carbonyl (C=O) groups is 2. The van der Waals surface area contributed by atoms with E-state index in [1.54, 1.807) is 67.6 Å². The van der Waals surface area contributed by atoms with Crippen LogP contribution in [0.4, 0.5) is 16.0 Å². The zero-order valence-corrected chi connectivity index (χ0v) is 35.2. The van der Waals surface area contributed by atoms with E-state index >= 15 is 4.39 Å². The number of benzene rings is 2. The van der Waals surface area contributed by atoms with Gasteiger partial charge < -0.3 is 20.1 Å². The van der Waals surface area contributed by atoms with E-state index in [2.05, 4.69) is 40.5 Å². The van der Waals surface area contributed by atoms with Crippen molar-refractivity contribution in [3.05, 3.63) is 97.1 Å². The van der Waals surface area contributed by atoms with Gasteiger partial charge in [0.15, 0.2) is 52.6 Å². The Hall–Kier alpha value is -6.16. The number of imidazole rings is 2. The summed E-state index contributed by atoms with van der Waals surface area (Å²) in [5.41, 5.74) is 1.15. The summed E-state index contributed by atoms with van der Waals surface area (Å²) in [6.07, 6.45) is -6.08. The number of nitrogens with one attached hydrogen (secondary N) is 2. The third-order valence-corrected chi connectivity index (χ3v) is 13.5. The number of alkyl halides is 1. The summed E-state index contributed by atoms with van der Waals surface area (Å²) >= 11 is 0. The number of hydrogen-bond acceptors (Lipinski definition) is 18. The fourth-order valence-electron chi connectivity index (χ4n) is 7.61. The number of nitrogens with zero attached hydrogens (tertiary/aromatic N) is 9. The number of amides is 2. The van der Waals surface area contributed by atoms with Gasteiger partial charge in [-0.3, -0.25) is 36.5 Å². The van der Waals surface area contributed by atoms with Gasteiger partial charge in [-0.05, 0) is 30.7 Å². The van der Waals surface area contributed by atoms with Crippen LogP contribution in [-0.4, -0.2) is 109 Å². The highest BCUT2D eigenvalue weighted by Crippen LogP contribution is 2.56. The number of hydrogen-bond donors (Lipinski definition) is 2. The first-order chi connectivity index (χ1) is 30.9. The third kappa shape index (κ3) is 8.59. The minimum Gasteiger partial charge on any atom is -0.351 e. The zero-order chi connectivity index (χ0) is 44.6. The second-order valence-electron chi connectivity index (χ2n) is 14.8. The molecule has 9 rings (SSSR count). The van der Waals surface area contributed by atoms with E-state index in [4.69, 9.17) is 27.2 Å². The number of aromatic nitrogens is 8. The standard InChI is InChI=1S/C39H37FN11O11PS/c1-22-25-13-16-64(55,56)62-31-26(60-38(27(31)40)50-20-46-28-32(42-18-44-34(28)50)48-36(52)23-9-4-2-5-10-23)17-58-63(54,57-15-8-14-41)61-30(22)39(59-25)51-21-47-29-33(43-19-45-35(29)51)49-37(53)24-11-6-3-7-12-24/h2-7,9-12,18-22,25-27,30-31,38-39H,8,13,15-17H2,1H3,(H,42,44,48,52)(H,43,45,49,53)/t22-,25?,26?,27-,30-,31-,38?,39-,63?/m1/s1. The lowest BCUT2D eigenvalue weighted by atomic mass is 9.99. The summed E-state index contributed by atoms with van der Waals surface area (Å²) in [5.74, 6) is -2.20. The minimum atomic E-state index is -4.76. The van der Waals surface area contributed by atoms with Gasteiger partial charge in [0.1, 0.15) is 31.0 Å². The smallest absolute Gasteiger partial charge is 0.351 e. The first kappa shape index (κ1) is 43.1. The molecule has 9 atom stereocenters. The zero-order valence-electron chi connectivity index (χ0n) is 33.5. The lowest BCUT2D eigenvalue weighted by Gasteiger charge is -2.28. The Bertz CT molecular complexity index is 2910. The molecule has 3 aliphatic heterocycles. The second-order valence-corrected chi connectivity index (χ2v) is 18.2. The van der Waals surface area contributed by atoms with Gasteiger partial charge in [-0.25, -0.2) is 38.9 Å². The molecule has 0 radical (unpaired) electrons. The van der Waals surface area contributed by atoms with Crippen molar-refractivity contribution in [3.63, 3.8) is 0 Å². The number of ether oxygens (including phenoxy) is 2. The van der Waals surface area contributed by atoms with Crippen LogP contribution >= 0.6 is 7.82 Å². The second kappa shape index (κ2) is 17.8. The van der Waals surface area contributed by atoms with E-state index in [1.807, 2.05) is 6.07 Å². The molecule has 4 unspecified atom stereocenters. The molecule has 332 valence electrons. The predicted molar refractivity (Wildman–Crippen MR) is 219 cm³/mol. The van der Waals surface area contributed by atoms with E-state index < -0.39 is 97.7 Å². The number of anilines is 2. The fourth-order valence-corrected chi connectivity index (χ4v) is 10.2. The molecule has 7 heterocycles. The molecule has 0 spiro atoms. The molecule has 0 aliphatic carbocycles. The van der Waals surface area contributed by atoms with Crippen LogP contribution in [0.2, 0.25) is 0 Å². The quantitative estimate of drug-likeness (QED) is 0.115. The van der Waals surface area contributed by atoms with E-state index in [9.17, 15) is 27.8 Å². The monoisotopic (exact) mass is 917 g/mol. The van der Waals surface area contributed by atoms with E-state index in [0.29, 0.717) is 11.1 Å². The molecule has 3 fully saturated rings. The molecule has 2 bridgehead atoms. The van der Waals surface area contributed by atoms with Gasteiger partial charge in [-0.15, -0.1) is 0 Å². The van der Waals surface area contributed by atoms with Crippen LogP contribution < -0.4 is 10.6 Å². The van der Waals surface area contributed by atoms with Crippen LogP contribution in [-0.2, 0) is 41.9 Å². The first-order valence-corrected chi connectivity index (χ1v) is 22.8. The number of rotatable bonds is 9. The van der Waals surface area contributed by atoms with Gasteiger partial charge in [-0.1, -0.05) is 43.3 Å². The Balaban J connectivity index is 1.01. The largest absolute Gasteiger partial charge is 0.475 e. The van der Waals surface area contributed by atoms with Crippen molar-refractivity contribution < 1.29 is 54.2 Å². The number of phosphoric acid groups is 1. The van der Waals surface area contributed by atoms with E-state index in [1.165, 1.54) is 28.1 Å². The van der Waals surface area contributed by atoms with Crippen molar-refractivity contribution in [2.75, 3.05) is 29.6 Å². The Kier molecular flexibility index (Phi) is 12.0. The normalized spacial score (nSPS) is 28.0. The number of fused-ring (bicyclic) bond motifs is 5. The molecule has 2 aromatic carbocycles. The topological polar surface area (TPSA) is 276 Å². The Morgan fingerprint density at radius 2 is 1.41 bits per heavy atom. The molecule has 4 aromatic heterocycles. The van der Waals surface area contributed by atoms with E-state index in [0.717, 1.165) is 6.33 Å². The number of halogens is 1. The minimum absolute atomic E-state index is 0.0131. The first-order valence-electron chi connectivity index (χ1n) is 19.8. The molecule has 64 heavy (non-hydrogen) atoms. The molecule has 2 amide bonds. The molecule has 25 heteroatoms. The van der Waals surface area contributed by atoms with Gasteiger partial charge in [-0.2, -0.15) is 13.7 Å². The summed E-state index contributed by atoms with van der Waals surface area (Å²) in [5, 5.41) is 14.7. The Labute approximate surface area is 362 Å². The van der Waals surface area contributed by atoms with Crippen LogP contribution in [0.15, 0.2) is 86.0 Å². The Morgan fingerprint density at radius 3 is 1.98 bits per heavy atom. The van der Waals surface area contributed by atoms with Crippen LogP contribution in [0.3, 0.4) is 0 Å². The van der Waals surface area contributed by atoms with Gasteiger partial charge in [0.2, 0.25) is 0 Å². The average Bonchev–Trinajstić information content (AvgIpc) is 4.07. The maximum Gasteiger partial charge on any atom is 0.475 e. The van der Waals surface area contributed by atoms with Gasteiger partial charge in [0.25, 0.3) is 21.9 Å². The molecule has 0 saturated carbocycles. The molecule has 3 saturated heterocycles. The van der Waals surface area contributed by atoms with Gasteiger partial charge >= 0.3 is 7.82 Å². The van der Waals surface area contributed by atoms with Crippen molar-refractivity contribution in [3.8, 4) is 6.07 Å². The maximum absolute atomic E-state index is 16.7. The van der Waals surface area contributed by atoms with Crippen LogP contribution in [0.1, 0.15) is 52.9 Å². The van der Waals surface area contributed by atoms with Crippen molar-refractivity contribution >= 4 is 63.7 Å². The van der Waals surface area contributed by atoms with Gasteiger partial charge in [0.05, 0.1) is 50.2 Å². The summed E-state index contributed by atoms with van der Waals surface area (Å²) in [7, 11) is -9.30. The van der Waals surface area contributed by atoms with Crippen molar-refractivity contribution in [2.24, 2.45) is 5.92 Å². The molecule has 3 aliphatic rings.